The van der Waals surface area contributed by atoms with E-state index in [1.165, 1.54) is 25.9 Å². The number of halogens is 2. The average Bonchev–Trinajstić information content (AvgIpc) is 2.67. The van der Waals surface area contributed by atoms with E-state index >= 15 is 0 Å². The largest absolute Gasteiger partial charge is 0.362 e. The summed E-state index contributed by atoms with van der Waals surface area (Å²) in [5, 5.41) is 4.71. The normalized spacial score (nSPS) is 21.5. The number of aromatic nitrogens is 2. The summed E-state index contributed by atoms with van der Waals surface area (Å²) in [6, 6.07) is 6.23. The van der Waals surface area contributed by atoms with E-state index in [4.69, 9.17) is 28.2 Å². The van der Waals surface area contributed by atoms with Gasteiger partial charge >= 0.3 is 0 Å². The van der Waals surface area contributed by atoms with Gasteiger partial charge in [-0.2, -0.15) is 0 Å². The number of hydrogen-bond acceptors (Lipinski definition) is 5. The minimum absolute atomic E-state index is 0.00714. The number of nitrogens with zero attached hydrogens (tertiary/aromatic N) is 4. The van der Waals surface area contributed by atoms with Crippen LogP contribution < -0.4 is 10.2 Å². The number of likely N-dealkylation sites (tertiary alicyclic amines) is 1. The van der Waals surface area contributed by atoms with E-state index in [1.54, 1.807) is 12.3 Å². The Morgan fingerprint density at radius 2 is 1.87 bits per heavy atom. The van der Waals surface area contributed by atoms with Crippen LogP contribution in [0.15, 0.2) is 30.6 Å². The number of anilines is 2. The quantitative estimate of drug-likeness (QED) is 0.631. The molecule has 2 fully saturated rings. The Labute approximate surface area is 189 Å². The van der Waals surface area contributed by atoms with Gasteiger partial charge in [0, 0.05) is 35.7 Å². The number of rotatable bonds is 6. The van der Waals surface area contributed by atoms with Crippen LogP contribution in [0.2, 0.25) is 10.0 Å². The highest BCUT2D eigenvalue weighted by Gasteiger charge is 2.36. The Kier molecular flexibility index (Phi) is 6.71. The van der Waals surface area contributed by atoms with Gasteiger partial charge in [0.25, 0.3) is 0 Å². The molecule has 0 saturated carbocycles. The van der Waals surface area contributed by atoms with Crippen LogP contribution in [0.5, 0.6) is 0 Å². The third-order valence-electron chi connectivity index (χ3n) is 6.54. The van der Waals surface area contributed by atoms with Gasteiger partial charge < -0.3 is 15.1 Å². The molecule has 0 aliphatic carbocycles. The molecule has 0 spiro atoms. The molecule has 5 nitrogen and oxygen atoms in total. The lowest BCUT2D eigenvalue weighted by molar-refractivity contribution is 0.0963. The molecule has 2 aliphatic rings. The molecule has 0 unspecified atom stereocenters. The number of piperidine rings is 1. The van der Waals surface area contributed by atoms with Crippen molar-refractivity contribution >= 4 is 34.8 Å². The van der Waals surface area contributed by atoms with Crippen LogP contribution in [0.1, 0.15) is 45.2 Å². The molecule has 0 radical (unpaired) electrons. The van der Waals surface area contributed by atoms with Gasteiger partial charge in [0.2, 0.25) is 0 Å². The van der Waals surface area contributed by atoms with E-state index in [1.807, 2.05) is 18.3 Å². The maximum Gasteiger partial charge on any atom is 0.149 e. The topological polar surface area (TPSA) is 44.3 Å². The highest BCUT2D eigenvalue weighted by atomic mass is 35.5. The minimum atomic E-state index is 0.00714. The predicted molar refractivity (Wildman–Crippen MR) is 126 cm³/mol. The summed E-state index contributed by atoms with van der Waals surface area (Å²) in [7, 11) is 0. The molecule has 30 heavy (non-hydrogen) atoms. The molecule has 2 aliphatic heterocycles. The van der Waals surface area contributed by atoms with Gasteiger partial charge in [-0.1, -0.05) is 29.3 Å². The van der Waals surface area contributed by atoms with Crippen LogP contribution >= 0.6 is 23.2 Å². The third-order valence-corrected chi connectivity index (χ3v) is 7.10. The van der Waals surface area contributed by atoms with Crippen LogP contribution in [-0.4, -0.2) is 47.1 Å². The summed E-state index contributed by atoms with van der Waals surface area (Å²) in [6.07, 6.45) is 6.31. The summed E-state index contributed by atoms with van der Waals surface area (Å²) >= 11 is 12.4. The number of hydrogen-bond donors (Lipinski definition) is 1. The molecule has 4 rings (SSSR count). The first-order valence-corrected chi connectivity index (χ1v) is 11.7. The molecule has 1 aromatic carbocycles. The first-order chi connectivity index (χ1) is 14.4. The van der Waals surface area contributed by atoms with E-state index in [0.717, 1.165) is 42.1 Å². The molecule has 2 atom stereocenters. The fourth-order valence-electron chi connectivity index (χ4n) is 4.62. The van der Waals surface area contributed by atoms with Gasteiger partial charge in [-0.15, -0.1) is 0 Å². The van der Waals surface area contributed by atoms with Gasteiger partial charge in [0.05, 0.1) is 18.4 Å². The second-order valence-electron chi connectivity index (χ2n) is 8.95. The SMILES string of the molecule is CC(C)N1CCC[C@H](C2CN(c3cncc(N[C@H](C)c4ccc(Cl)cc4Cl)n3)C2)C1. The molecule has 162 valence electrons. The fraction of sp³-hybridized carbons (Fsp3) is 0.565. The highest BCUT2D eigenvalue weighted by molar-refractivity contribution is 6.35. The molecule has 0 bridgehead atoms. The van der Waals surface area contributed by atoms with Crippen LogP contribution in [-0.2, 0) is 0 Å². The summed E-state index contributed by atoms with van der Waals surface area (Å²) in [6.45, 7) is 11.3. The van der Waals surface area contributed by atoms with Crippen molar-refractivity contribution in [2.24, 2.45) is 11.8 Å². The lowest BCUT2D eigenvalue weighted by Crippen LogP contribution is -2.54. The minimum Gasteiger partial charge on any atom is -0.362 e. The number of nitrogens with one attached hydrogen (secondary N) is 1. The van der Waals surface area contributed by atoms with E-state index < -0.39 is 0 Å². The van der Waals surface area contributed by atoms with Gasteiger partial charge in [-0.3, -0.25) is 4.98 Å². The van der Waals surface area contributed by atoms with Crippen molar-refractivity contribution in [1.82, 2.24) is 14.9 Å². The Morgan fingerprint density at radius 3 is 2.60 bits per heavy atom. The van der Waals surface area contributed by atoms with Crippen LogP contribution in [0, 0.1) is 11.8 Å². The molecule has 2 aromatic rings. The first-order valence-electron chi connectivity index (χ1n) is 10.9. The van der Waals surface area contributed by atoms with Gasteiger partial charge in [-0.05, 0) is 69.7 Å². The second-order valence-corrected chi connectivity index (χ2v) is 9.79. The summed E-state index contributed by atoms with van der Waals surface area (Å²) in [5.74, 6) is 3.27. The molecule has 1 aromatic heterocycles. The fourth-order valence-corrected chi connectivity index (χ4v) is 5.19. The summed E-state index contributed by atoms with van der Waals surface area (Å²) in [4.78, 5) is 14.2. The van der Waals surface area contributed by atoms with E-state index in [-0.39, 0.29) is 6.04 Å². The molecular formula is C23H31Cl2N5. The Bertz CT molecular complexity index is 868. The zero-order valence-corrected chi connectivity index (χ0v) is 19.5. The Morgan fingerprint density at radius 1 is 1.07 bits per heavy atom. The van der Waals surface area contributed by atoms with Crippen molar-refractivity contribution in [2.45, 2.75) is 45.7 Å². The smallest absolute Gasteiger partial charge is 0.149 e. The predicted octanol–water partition coefficient (Wildman–Crippen LogP) is 5.51. The highest BCUT2D eigenvalue weighted by Crippen LogP contribution is 2.34. The molecule has 2 saturated heterocycles. The molecule has 1 N–H and O–H groups in total. The zero-order valence-electron chi connectivity index (χ0n) is 18.0. The van der Waals surface area contributed by atoms with Crippen molar-refractivity contribution in [1.29, 1.82) is 0 Å². The van der Waals surface area contributed by atoms with E-state index in [0.29, 0.717) is 16.1 Å². The average molecular weight is 448 g/mol. The van der Waals surface area contributed by atoms with Crippen LogP contribution in [0.3, 0.4) is 0 Å². The van der Waals surface area contributed by atoms with Crippen molar-refractivity contribution in [3.8, 4) is 0 Å². The van der Waals surface area contributed by atoms with Crippen LogP contribution in [0.25, 0.3) is 0 Å². The zero-order chi connectivity index (χ0) is 21.3. The molecule has 0 amide bonds. The maximum absolute atomic E-state index is 6.35. The van der Waals surface area contributed by atoms with Crippen molar-refractivity contribution in [2.75, 3.05) is 36.4 Å². The van der Waals surface area contributed by atoms with Crippen molar-refractivity contribution < 1.29 is 0 Å². The lowest BCUT2D eigenvalue weighted by Gasteiger charge is -2.47. The first kappa shape index (κ1) is 21.7. The Balaban J connectivity index is 1.35. The van der Waals surface area contributed by atoms with Gasteiger partial charge in [0.1, 0.15) is 11.6 Å². The molecule has 3 heterocycles. The summed E-state index contributed by atoms with van der Waals surface area (Å²) in [5.41, 5.74) is 0.990. The van der Waals surface area contributed by atoms with Crippen molar-refractivity contribution in [3.63, 3.8) is 0 Å². The van der Waals surface area contributed by atoms with E-state index in [9.17, 15) is 0 Å². The molecule has 7 heteroatoms. The standard InChI is InChI=1S/C23H31Cl2N5/c1-15(2)29-8-4-5-17(12-29)18-13-30(14-18)23-11-26-10-22(28-23)27-16(3)20-7-6-19(24)9-21(20)25/h6-7,9-11,15-18H,4-5,8,12-14H2,1-3H3,(H,27,28)/t16-,17+/m1/s1. The van der Waals surface area contributed by atoms with Gasteiger partial charge in [0.15, 0.2) is 0 Å². The summed E-state index contributed by atoms with van der Waals surface area (Å²) < 4.78 is 0. The van der Waals surface area contributed by atoms with Gasteiger partial charge in [-0.25, -0.2) is 4.98 Å². The third kappa shape index (κ3) is 4.84. The molecular weight excluding hydrogens is 417 g/mol. The lowest BCUT2D eigenvalue weighted by atomic mass is 9.80. The van der Waals surface area contributed by atoms with Crippen molar-refractivity contribution in [3.05, 3.63) is 46.2 Å². The monoisotopic (exact) mass is 447 g/mol. The van der Waals surface area contributed by atoms with E-state index in [2.05, 4.69) is 40.9 Å². The maximum atomic E-state index is 6.35. The Hall–Kier alpha value is -1.56. The number of benzene rings is 1. The second kappa shape index (κ2) is 9.29. The van der Waals surface area contributed by atoms with Crippen LogP contribution in [0.4, 0.5) is 11.6 Å².